The Balaban J connectivity index is 2.17. The summed E-state index contributed by atoms with van der Waals surface area (Å²) in [6, 6.07) is 10.1. The fraction of sp³-hybridized carbons (Fsp3) is 0.154. The number of halogens is 1. The molecule has 0 aliphatic carbocycles. The number of pyridine rings is 1. The van der Waals surface area contributed by atoms with Gasteiger partial charge in [0.25, 0.3) is 0 Å². The summed E-state index contributed by atoms with van der Waals surface area (Å²) in [5.41, 5.74) is 7.35. The first-order chi connectivity index (χ1) is 8.16. The average Bonchev–Trinajstić information content (AvgIpc) is 2.32. The molecule has 1 aromatic carbocycles. The van der Waals surface area contributed by atoms with Crippen molar-refractivity contribution in [3.05, 3.63) is 54.0 Å². The van der Waals surface area contributed by atoms with E-state index in [0.717, 1.165) is 11.3 Å². The van der Waals surface area contributed by atoms with Gasteiger partial charge < -0.3 is 11.1 Å². The number of aromatic nitrogens is 1. The quantitative estimate of drug-likeness (QED) is 0.853. The van der Waals surface area contributed by atoms with Crippen molar-refractivity contribution in [3.8, 4) is 0 Å². The molecular formula is C13H14FN3. The van der Waals surface area contributed by atoms with Crippen LogP contribution in [0.15, 0.2) is 42.6 Å². The van der Waals surface area contributed by atoms with Gasteiger partial charge >= 0.3 is 0 Å². The molecule has 0 aliphatic heterocycles. The third-order valence-corrected chi connectivity index (χ3v) is 2.56. The maximum absolute atomic E-state index is 13.1. The molecule has 0 bridgehead atoms. The Bertz CT molecular complexity index is 514. The molecular weight excluding hydrogens is 217 g/mol. The summed E-state index contributed by atoms with van der Waals surface area (Å²) in [6.45, 7) is 1.95. The van der Waals surface area contributed by atoms with Gasteiger partial charge in [0, 0.05) is 12.2 Å². The Kier molecular flexibility index (Phi) is 3.23. The summed E-state index contributed by atoms with van der Waals surface area (Å²) in [6.07, 6.45) is 1.63. The highest BCUT2D eigenvalue weighted by molar-refractivity contribution is 5.61. The molecule has 88 valence electrons. The number of nitrogens with zero attached hydrogens (tertiary/aromatic N) is 1. The second kappa shape index (κ2) is 4.82. The fourth-order valence-electron chi connectivity index (χ4n) is 1.63. The molecule has 4 heteroatoms. The Morgan fingerprint density at radius 2 is 2.12 bits per heavy atom. The largest absolute Gasteiger partial charge is 0.382 e. The summed E-state index contributed by atoms with van der Waals surface area (Å²) in [5.74, 6) is 0.200. The SMILES string of the molecule is CC(Nc1cccnc1N)c1cccc(F)c1. The highest BCUT2D eigenvalue weighted by atomic mass is 19.1. The summed E-state index contributed by atoms with van der Waals surface area (Å²) < 4.78 is 13.1. The van der Waals surface area contributed by atoms with E-state index in [-0.39, 0.29) is 11.9 Å². The predicted octanol–water partition coefficient (Wildman–Crippen LogP) is 2.98. The first-order valence-electron chi connectivity index (χ1n) is 5.39. The molecule has 1 aromatic heterocycles. The first kappa shape index (κ1) is 11.4. The Labute approximate surface area is 99.5 Å². The van der Waals surface area contributed by atoms with Crippen molar-refractivity contribution in [2.45, 2.75) is 13.0 Å². The molecule has 0 aliphatic rings. The number of anilines is 2. The lowest BCUT2D eigenvalue weighted by molar-refractivity contribution is 0.623. The molecule has 2 rings (SSSR count). The van der Waals surface area contributed by atoms with Crippen LogP contribution in [0.25, 0.3) is 0 Å². The lowest BCUT2D eigenvalue weighted by atomic mass is 10.1. The molecule has 1 heterocycles. The highest BCUT2D eigenvalue weighted by Gasteiger charge is 2.07. The molecule has 0 spiro atoms. The molecule has 3 N–H and O–H groups in total. The summed E-state index contributed by atoms with van der Waals surface area (Å²) in [5, 5.41) is 3.20. The third-order valence-electron chi connectivity index (χ3n) is 2.56. The summed E-state index contributed by atoms with van der Waals surface area (Å²) >= 11 is 0. The van der Waals surface area contributed by atoms with Crippen LogP contribution >= 0.6 is 0 Å². The molecule has 1 unspecified atom stereocenters. The number of benzene rings is 1. The van der Waals surface area contributed by atoms with Crippen LogP contribution < -0.4 is 11.1 Å². The van der Waals surface area contributed by atoms with E-state index in [2.05, 4.69) is 10.3 Å². The van der Waals surface area contributed by atoms with Gasteiger partial charge in [-0.05, 0) is 36.8 Å². The van der Waals surface area contributed by atoms with E-state index in [1.54, 1.807) is 18.3 Å². The van der Waals surface area contributed by atoms with E-state index in [1.807, 2.05) is 19.1 Å². The van der Waals surface area contributed by atoms with E-state index in [1.165, 1.54) is 12.1 Å². The normalized spacial score (nSPS) is 12.1. The van der Waals surface area contributed by atoms with Crippen molar-refractivity contribution in [1.82, 2.24) is 4.98 Å². The highest BCUT2D eigenvalue weighted by Crippen LogP contribution is 2.22. The monoisotopic (exact) mass is 231 g/mol. The third kappa shape index (κ3) is 2.72. The lowest BCUT2D eigenvalue weighted by Gasteiger charge is -2.16. The lowest BCUT2D eigenvalue weighted by Crippen LogP contribution is -2.09. The van der Waals surface area contributed by atoms with Crippen LogP contribution in [0.5, 0.6) is 0 Å². The van der Waals surface area contributed by atoms with Crippen molar-refractivity contribution >= 4 is 11.5 Å². The smallest absolute Gasteiger partial charge is 0.146 e. The Hall–Kier alpha value is -2.10. The molecule has 3 nitrogen and oxygen atoms in total. The zero-order valence-electron chi connectivity index (χ0n) is 9.52. The minimum absolute atomic E-state index is 0.0304. The number of nitrogens with two attached hydrogens (primary N) is 1. The average molecular weight is 231 g/mol. The second-order valence-electron chi connectivity index (χ2n) is 3.86. The van der Waals surface area contributed by atoms with Crippen molar-refractivity contribution in [2.75, 3.05) is 11.1 Å². The van der Waals surface area contributed by atoms with Crippen LogP contribution in [-0.4, -0.2) is 4.98 Å². The Morgan fingerprint density at radius 1 is 1.29 bits per heavy atom. The Morgan fingerprint density at radius 3 is 2.82 bits per heavy atom. The van der Waals surface area contributed by atoms with Crippen molar-refractivity contribution in [3.63, 3.8) is 0 Å². The molecule has 2 aromatic rings. The topological polar surface area (TPSA) is 50.9 Å². The second-order valence-corrected chi connectivity index (χ2v) is 3.86. The molecule has 17 heavy (non-hydrogen) atoms. The van der Waals surface area contributed by atoms with Crippen molar-refractivity contribution in [2.24, 2.45) is 0 Å². The molecule has 0 amide bonds. The van der Waals surface area contributed by atoms with Gasteiger partial charge in [-0.1, -0.05) is 12.1 Å². The van der Waals surface area contributed by atoms with Gasteiger partial charge in [-0.3, -0.25) is 0 Å². The van der Waals surface area contributed by atoms with Crippen LogP contribution in [0.1, 0.15) is 18.5 Å². The maximum Gasteiger partial charge on any atom is 0.146 e. The standard InChI is InChI=1S/C13H14FN3/c1-9(10-4-2-5-11(14)8-10)17-12-6-3-7-16-13(12)15/h2-9,17H,1H3,(H2,15,16). The van der Waals surface area contributed by atoms with Gasteiger partial charge in [0.2, 0.25) is 0 Å². The van der Waals surface area contributed by atoms with E-state index in [4.69, 9.17) is 5.73 Å². The summed E-state index contributed by atoms with van der Waals surface area (Å²) in [4.78, 5) is 3.98. The van der Waals surface area contributed by atoms with Crippen molar-refractivity contribution < 1.29 is 4.39 Å². The van der Waals surface area contributed by atoms with Crippen LogP contribution in [0.2, 0.25) is 0 Å². The molecule has 0 radical (unpaired) electrons. The fourth-order valence-corrected chi connectivity index (χ4v) is 1.63. The number of nitrogens with one attached hydrogen (secondary N) is 1. The van der Waals surface area contributed by atoms with E-state index in [0.29, 0.717) is 5.82 Å². The minimum Gasteiger partial charge on any atom is -0.382 e. The van der Waals surface area contributed by atoms with Crippen LogP contribution in [0.3, 0.4) is 0 Å². The number of hydrogen-bond acceptors (Lipinski definition) is 3. The van der Waals surface area contributed by atoms with Gasteiger partial charge in [-0.25, -0.2) is 9.37 Å². The predicted molar refractivity (Wildman–Crippen MR) is 67.1 cm³/mol. The van der Waals surface area contributed by atoms with Gasteiger partial charge in [0.15, 0.2) is 0 Å². The van der Waals surface area contributed by atoms with E-state index >= 15 is 0 Å². The molecule has 0 saturated heterocycles. The summed E-state index contributed by atoms with van der Waals surface area (Å²) in [7, 11) is 0. The van der Waals surface area contributed by atoms with Gasteiger partial charge in [0.05, 0.1) is 5.69 Å². The van der Waals surface area contributed by atoms with Crippen LogP contribution in [0, 0.1) is 5.82 Å². The van der Waals surface area contributed by atoms with Gasteiger partial charge in [0.1, 0.15) is 11.6 Å². The molecule has 0 saturated carbocycles. The minimum atomic E-state index is -0.240. The van der Waals surface area contributed by atoms with Gasteiger partial charge in [-0.2, -0.15) is 0 Å². The van der Waals surface area contributed by atoms with E-state index < -0.39 is 0 Å². The number of hydrogen-bond donors (Lipinski definition) is 2. The molecule has 1 atom stereocenters. The first-order valence-corrected chi connectivity index (χ1v) is 5.39. The van der Waals surface area contributed by atoms with Crippen molar-refractivity contribution in [1.29, 1.82) is 0 Å². The van der Waals surface area contributed by atoms with Crippen LogP contribution in [-0.2, 0) is 0 Å². The zero-order chi connectivity index (χ0) is 12.3. The van der Waals surface area contributed by atoms with E-state index in [9.17, 15) is 4.39 Å². The molecule has 0 fully saturated rings. The van der Waals surface area contributed by atoms with Gasteiger partial charge in [-0.15, -0.1) is 0 Å². The maximum atomic E-state index is 13.1. The number of nitrogen functional groups attached to an aromatic ring is 1. The number of rotatable bonds is 3. The zero-order valence-corrected chi connectivity index (χ0v) is 9.52. The van der Waals surface area contributed by atoms with Crippen LogP contribution in [0.4, 0.5) is 15.9 Å².